The van der Waals surface area contributed by atoms with Crippen molar-refractivity contribution in [3.63, 3.8) is 0 Å². The molecule has 1 aliphatic rings. The van der Waals surface area contributed by atoms with Crippen LogP contribution in [0.5, 0.6) is 0 Å². The molecule has 0 spiro atoms. The molecule has 1 fully saturated rings. The topological polar surface area (TPSA) is 58.6 Å². The summed E-state index contributed by atoms with van der Waals surface area (Å²) < 4.78 is 42.3. The van der Waals surface area contributed by atoms with E-state index in [9.17, 15) is 12.8 Å². The standard InChI is InChI=1S/C16H25FN2O3S/c1-12-11-19(8-9-22-12)7-6-18-13(2)14-4-5-16(15(17)10-14)23(3,20)21/h4-5,10,12-13,18H,6-9,11H2,1-3H3/t12-,13+/m0/s1. The maximum absolute atomic E-state index is 13.9. The number of hydrogen-bond donors (Lipinski definition) is 1. The highest BCUT2D eigenvalue weighted by molar-refractivity contribution is 7.90. The minimum absolute atomic E-state index is 0.0448. The molecule has 0 radical (unpaired) electrons. The highest BCUT2D eigenvalue weighted by Gasteiger charge is 2.17. The number of nitrogens with zero attached hydrogens (tertiary/aromatic N) is 1. The van der Waals surface area contributed by atoms with Crippen LogP contribution < -0.4 is 5.32 Å². The first-order valence-corrected chi connectivity index (χ1v) is 9.73. The molecule has 7 heteroatoms. The van der Waals surface area contributed by atoms with Gasteiger partial charge < -0.3 is 10.1 Å². The molecular weight excluding hydrogens is 319 g/mol. The molecule has 0 saturated carbocycles. The Balaban J connectivity index is 1.88. The van der Waals surface area contributed by atoms with E-state index in [1.165, 1.54) is 12.1 Å². The van der Waals surface area contributed by atoms with Crippen LogP contribution >= 0.6 is 0 Å². The number of nitrogens with one attached hydrogen (secondary N) is 1. The number of rotatable bonds is 6. The zero-order valence-corrected chi connectivity index (χ0v) is 14.7. The average Bonchev–Trinajstić information content (AvgIpc) is 2.45. The molecule has 0 unspecified atom stereocenters. The van der Waals surface area contributed by atoms with Gasteiger partial charge in [0.05, 0.1) is 12.7 Å². The third-order valence-electron chi connectivity index (χ3n) is 4.06. The molecule has 2 atom stereocenters. The van der Waals surface area contributed by atoms with Crippen molar-refractivity contribution in [1.82, 2.24) is 10.2 Å². The summed E-state index contributed by atoms with van der Waals surface area (Å²) in [6, 6.07) is 4.25. The summed E-state index contributed by atoms with van der Waals surface area (Å²) in [5, 5.41) is 3.35. The second kappa shape index (κ2) is 7.70. The third kappa shape index (κ3) is 5.24. The fourth-order valence-electron chi connectivity index (χ4n) is 2.74. The molecule has 1 aromatic carbocycles. The highest BCUT2D eigenvalue weighted by Crippen LogP contribution is 2.20. The molecule has 1 aliphatic heterocycles. The second-order valence-electron chi connectivity index (χ2n) is 6.12. The smallest absolute Gasteiger partial charge is 0.178 e. The van der Waals surface area contributed by atoms with E-state index in [0.717, 1.165) is 44.6 Å². The van der Waals surface area contributed by atoms with Crippen LogP contribution in [0.4, 0.5) is 4.39 Å². The van der Waals surface area contributed by atoms with Crippen molar-refractivity contribution >= 4 is 9.84 Å². The first kappa shape index (κ1) is 18.3. The average molecular weight is 344 g/mol. The van der Waals surface area contributed by atoms with E-state index in [4.69, 9.17) is 4.74 Å². The van der Waals surface area contributed by atoms with Gasteiger partial charge in [0.1, 0.15) is 10.7 Å². The summed E-state index contributed by atoms with van der Waals surface area (Å²) in [6.45, 7) is 8.30. The van der Waals surface area contributed by atoms with Crippen LogP contribution in [0.15, 0.2) is 23.1 Å². The van der Waals surface area contributed by atoms with Crippen molar-refractivity contribution in [1.29, 1.82) is 0 Å². The lowest BCUT2D eigenvalue weighted by Crippen LogP contribution is -2.44. The first-order valence-electron chi connectivity index (χ1n) is 7.84. The molecule has 5 nitrogen and oxygen atoms in total. The van der Waals surface area contributed by atoms with Gasteiger partial charge >= 0.3 is 0 Å². The normalized spacial score (nSPS) is 21.3. The van der Waals surface area contributed by atoms with Gasteiger partial charge in [0.25, 0.3) is 0 Å². The summed E-state index contributed by atoms with van der Waals surface area (Å²) in [6.07, 6.45) is 1.27. The van der Waals surface area contributed by atoms with Crippen molar-refractivity contribution in [3.05, 3.63) is 29.6 Å². The van der Waals surface area contributed by atoms with Crippen molar-refractivity contribution < 1.29 is 17.5 Å². The molecule has 0 amide bonds. The largest absolute Gasteiger partial charge is 0.376 e. The zero-order valence-electron chi connectivity index (χ0n) is 13.9. The SMILES string of the molecule is C[C@H]1CN(CCN[C@H](C)c2ccc(S(C)(=O)=O)c(F)c2)CCO1. The highest BCUT2D eigenvalue weighted by atomic mass is 32.2. The van der Waals surface area contributed by atoms with Gasteiger partial charge in [0, 0.05) is 38.5 Å². The van der Waals surface area contributed by atoms with Crippen molar-refractivity contribution in [2.75, 3.05) is 39.0 Å². The van der Waals surface area contributed by atoms with Crippen molar-refractivity contribution in [3.8, 4) is 0 Å². The van der Waals surface area contributed by atoms with Crippen LogP contribution in [0.3, 0.4) is 0 Å². The van der Waals surface area contributed by atoms with Crippen LogP contribution in [-0.2, 0) is 14.6 Å². The maximum Gasteiger partial charge on any atom is 0.178 e. The summed E-state index contributed by atoms with van der Waals surface area (Å²) in [5.74, 6) is -0.694. The Morgan fingerprint density at radius 3 is 2.83 bits per heavy atom. The quantitative estimate of drug-likeness (QED) is 0.849. The lowest BCUT2D eigenvalue weighted by molar-refractivity contribution is -0.0178. The fraction of sp³-hybridized carbons (Fsp3) is 0.625. The number of halogens is 1. The molecule has 2 rings (SSSR count). The minimum atomic E-state index is -3.53. The van der Waals surface area contributed by atoms with E-state index in [0.29, 0.717) is 0 Å². The van der Waals surface area contributed by atoms with E-state index in [-0.39, 0.29) is 17.0 Å². The Bertz CT molecular complexity index is 636. The summed E-state index contributed by atoms with van der Waals surface area (Å²) in [7, 11) is -3.53. The van der Waals surface area contributed by atoms with E-state index in [1.54, 1.807) is 6.07 Å². The van der Waals surface area contributed by atoms with Crippen LogP contribution in [0, 0.1) is 5.82 Å². The van der Waals surface area contributed by atoms with Crippen LogP contribution in [0.1, 0.15) is 25.5 Å². The van der Waals surface area contributed by atoms with Gasteiger partial charge in [-0.15, -0.1) is 0 Å². The molecule has 1 saturated heterocycles. The molecule has 1 heterocycles. The minimum Gasteiger partial charge on any atom is -0.376 e. The fourth-order valence-corrected chi connectivity index (χ4v) is 3.47. The Morgan fingerprint density at radius 2 is 2.22 bits per heavy atom. The molecule has 130 valence electrons. The van der Waals surface area contributed by atoms with Gasteiger partial charge in [-0.3, -0.25) is 4.90 Å². The van der Waals surface area contributed by atoms with Gasteiger partial charge in [-0.1, -0.05) is 6.07 Å². The number of hydrogen-bond acceptors (Lipinski definition) is 5. The number of sulfone groups is 1. The van der Waals surface area contributed by atoms with Crippen LogP contribution in [0.25, 0.3) is 0 Å². The first-order chi connectivity index (χ1) is 10.8. The van der Waals surface area contributed by atoms with Gasteiger partial charge in [-0.25, -0.2) is 12.8 Å². The zero-order chi connectivity index (χ0) is 17.0. The van der Waals surface area contributed by atoms with Gasteiger partial charge in [0.15, 0.2) is 9.84 Å². The summed E-state index contributed by atoms with van der Waals surface area (Å²) in [4.78, 5) is 2.08. The molecule has 0 aliphatic carbocycles. The van der Waals surface area contributed by atoms with E-state index < -0.39 is 15.7 Å². The molecule has 1 N–H and O–H groups in total. The lowest BCUT2D eigenvalue weighted by atomic mass is 10.1. The number of benzene rings is 1. The summed E-state index contributed by atoms with van der Waals surface area (Å²) in [5.41, 5.74) is 0.741. The number of ether oxygens (including phenoxy) is 1. The summed E-state index contributed by atoms with van der Waals surface area (Å²) >= 11 is 0. The third-order valence-corrected chi connectivity index (χ3v) is 5.19. The number of morpholine rings is 1. The van der Waals surface area contributed by atoms with E-state index >= 15 is 0 Å². The van der Waals surface area contributed by atoms with Crippen molar-refractivity contribution in [2.45, 2.75) is 30.9 Å². The molecule has 0 bridgehead atoms. The predicted molar refractivity (Wildman–Crippen MR) is 87.8 cm³/mol. The van der Waals surface area contributed by atoms with Gasteiger partial charge in [-0.2, -0.15) is 0 Å². The Labute approximate surface area is 137 Å². The molecule has 1 aromatic rings. The maximum atomic E-state index is 13.9. The van der Waals surface area contributed by atoms with E-state index in [2.05, 4.69) is 17.1 Å². The predicted octanol–water partition coefficient (Wildman–Crippen LogP) is 1.60. The monoisotopic (exact) mass is 344 g/mol. The van der Waals surface area contributed by atoms with E-state index in [1.807, 2.05) is 6.92 Å². The van der Waals surface area contributed by atoms with Gasteiger partial charge in [-0.05, 0) is 31.5 Å². The Hall–Kier alpha value is -1.02. The Morgan fingerprint density at radius 1 is 1.48 bits per heavy atom. The lowest BCUT2D eigenvalue weighted by Gasteiger charge is -2.31. The second-order valence-corrected chi connectivity index (χ2v) is 8.10. The Kier molecular flexibility index (Phi) is 6.13. The molecule has 0 aromatic heterocycles. The van der Waals surface area contributed by atoms with Gasteiger partial charge in [0.2, 0.25) is 0 Å². The van der Waals surface area contributed by atoms with Crippen LogP contribution in [-0.4, -0.2) is 58.5 Å². The molecular formula is C16H25FN2O3S. The molecule has 23 heavy (non-hydrogen) atoms. The van der Waals surface area contributed by atoms with Crippen molar-refractivity contribution in [2.24, 2.45) is 0 Å². The van der Waals surface area contributed by atoms with Crippen LogP contribution in [0.2, 0.25) is 0 Å².